The Morgan fingerprint density at radius 1 is 0.960 bits per heavy atom. The molecule has 0 heterocycles. The summed E-state index contributed by atoms with van der Waals surface area (Å²) in [5.41, 5.74) is 0.596. The summed E-state index contributed by atoms with van der Waals surface area (Å²) in [5, 5.41) is 8.06. The molecule has 0 bridgehead atoms. The van der Waals surface area contributed by atoms with Crippen LogP contribution in [-0.2, 0) is 0 Å². The molecule has 2 heteroatoms. The van der Waals surface area contributed by atoms with Gasteiger partial charge < -0.3 is 5.41 Å². The molecule has 2 aliphatic carbocycles. The van der Waals surface area contributed by atoms with Crippen LogP contribution in [0.2, 0.25) is 0 Å². The van der Waals surface area contributed by atoms with E-state index in [-0.39, 0.29) is 5.41 Å². The summed E-state index contributed by atoms with van der Waals surface area (Å²) in [6, 6.07) is 0. The first-order valence-electron chi connectivity index (χ1n) is 10.2. The van der Waals surface area contributed by atoms with Crippen molar-refractivity contribution < 1.29 is 4.39 Å². The predicted octanol–water partition coefficient (Wildman–Crippen LogP) is 7.28. The molecule has 0 saturated heterocycles. The Labute approximate surface area is 154 Å². The molecule has 2 saturated carbocycles. The molecule has 2 rings (SSSR count). The van der Waals surface area contributed by atoms with Gasteiger partial charge in [0, 0.05) is 11.6 Å². The highest BCUT2D eigenvalue weighted by atomic mass is 19.1. The molecule has 0 amide bonds. The molecule has 0 aromatic rings. The highest BCUT2D eigenvalue weighted by Crippen LogP contribution is 2.47. The summed E-state index contributed by atoms with van der Waals surface area (Å²) >= 11 is 0. The largest absolute Gasteiger partial charge is 0.312 e. The lowest BCUT2D eigenvalue weighted by Gasteiger charge is -2.42. The van der Waals surface area contributed by atoms with Gasteiger partial charge in [0.1, 0.15) is 5.67 Å². The van der Waals surface area contributed by atoms with E-state index >= 15 is 0 Å². The van der Waals surface area contributed by atoms with E-state index in [2.05, 4.69) is 19.9 Å². The van der Waals surface area contributed by atoms with Gasteiger partial charge in [0.15, 0.2) is 0 Å². The second kappa shape index (κ2) is 8.18. The van der Waals surface area contributed by atoms with E-state index in [9.17, 15) is 4.39 Å². The number of hydrogen-bond donors (Lipinski definition) is 1. The Bertz CT molecular complexity index is 507. The van der Waals surface area contributed by atoms with Gasteiger partial charge in [-0.25, -0.2) is 4.39 Å². The van der Waals surface area contributed by atoms with Crippen LogP contribution in [0.15, 0.2) is 23.3 Å². The zero-order valence-electron chi connectivity index (χ0n) is 17.0. The number of hydrogen-bond acceptors (Lipinski definition) is 1. The zero-order chi connectivity index (χ0) is 18.7. The Hall–Kier alpha value is -0.920. The van der Waals surface area contributed by atoms with E-state index in [1.165, 1.54) is 44.1 Å². The fraction of sp³-hybridized carbons (Fsp3) is 0.783. The lowest BCUT2D eigenvalue weighted by Crippen LogP contribution is -2.33. The van der Waals surface area contributed by atoms with E-state index in [4.69, 9.17) is 5.41 Å². The quantitative estimate of drug-likeness (QED) is 0.399. The van der Waals surface area contributed by atoms with Crippen molar-refractivity contribution in [3.05, 3.63) is 23.3 Å². The van der Waals surface area contributed by atoms with Gasteiger partial charge in [-0.2, -0.15) is 0 Å². The molecular weight excluding hydrogens is 309 g/mol. The Morgan fingerprint density at radius 2 is 1.48 bits per heavy atom. The van der Waals surface area contributed by atoms with E-state index < -0.39 is 5.67 Å². The maximum atomic E-state index is 14.0. The summed E-state index contributed by atoms with van der Waals surface area (Å²) in [6.07, 6.45) is 15.9. The smallest absolute Gasteiger partial charge is 0.126 e. The van der Waals surface area contributed by atoms with Gasteiger partial charge in [0.05, 0.1) is 0 Å². The number of allylic oxidation sites excluding steroid dienone is 4. The average molecular weight is 348 g/mol. The average Bonchev–Trinajstić information content (AvgIpc) is 2.59. The Morgan fingerprint density at radius 3 is 1.96 bits per heavy atom. The highest BCUT2D eigenvalue weighted by molar-refractivity contribution is 5.68. The highest BCUT2D eigenvalue weighted by Gasteiger charge is 2.38. The number of nitrogens with one attached hydrogen (secondary N) is 1. The molecule has 0 aliphatic heterocycles. The Balaban J connectivity index is 2.01. The van der Waals surface area contributed by atoms with Crippen LogP contribution >= 0.6 is 0 Å². The first-order valence-corrected chi connectivity index (χ1v) is 10.2. The normalized spacial score (nSPS) is 35.5. The first kappa shape index (κ1) is 20.4. The van der Waals surface area contributed by atoms with Gasteiger partial charge >= 0.3 is 0 Å². The zero-order valence-corrected chi connectivity index (χ0v) is 17.0. The van der Waals surface area contributed by atoms with Crippen LogP contribution in [0, 0.1) is 28.6 Å². The molecule has 0 radical (unpaired) electrons. The van der Waals surface area contributed by atoms with Crippen LogP contribution in [0.3, 0.4) is 0 Å². The van der Waals surface area contributed by atoms with E-state index in [1.807, 2.05) is 13.0 Å². The van der Waals surface area contributed by atoms with Crippen LogP contribution in [0.5, 0.6) is 0 Å². The minimum Gasteiger partial charge on any atom is -0.312 e. The van der Waals surface area contributed by atoms with Crippen molar-refractivity contribution >= 4 is 6.21 Å². The SMILES string of the molecule is C/C(=C\C=C(/C)C1(C=N)CCC(C2CCC(C)CC2)CC1)C(C)(C)F. The third-order valence-electron chi connectivity index (χ3n) is 7.23. The van der Waals surface area contributed by atoms with Gasteiger partial charge in [-0.1, -0.05) is 37.5 Å². The molecule has 2 fully saturated rings. The van der Waals surface area contributed by atoms with Crippen LogP contribution in [0.1, 0.15) is 86.0 Å². The molecule has 0 unspecified atom stereocenters. The van der Waals surface area contributed by atoms with Crippen LogP contribution in [-0.4, -0.2) is 11.9 Å². The topological polar surface area (TPSA) is 23.9 Å². The molecule has 142 valence electrons. The predicted molar refractivity (Wildman–Crippen MR) is 107 cm³/mol. The van der Waals surface area contributed by atoms with Crippen molar-refractivity contribution in [3.63, 3.8) is 0 Å². The van der Waals surface area contributed by atoms with Crippen molar-refractivity contribution in [3.8, 4) is 0 Å². The van der Waals surface area contributed by atoms with Crippen molar-refractivity contribution in [2.24, 2.45) is 23.2 Å². The van der Waals surface area contributed by atoms with Crippen molar-refractivity contribution in [1.82, 2.24) is 0 Å². The monoisotopic (exact) mass is 347 g/mol. The van der Waals surface area contributed by atoms with Gasteiger partial charge in [0.25, 0.3) is 0 Å². The molecular formula is C23H38FN. The lowest BCUT2D eigenvalue weighted by molar-refractivity contribution is 0.145. The van der Waals surface area contributed by atoms with Gasteiger partial charge in [-0.05, 0) is 89.5 Å². The van der Waals surface area contributed by atoms with Crippen molar-refractivity contribution in [2.75, 3.05) is 0 Å². The Kier molecular flexibility index (Phi) is 6.68. The standard InChI is InChI=1S/C23H38FN/c1-17-6-10-20(11-7-17)21-12-14-23(16-25,15-13-21)19(3)9-8-18(2)22(4,5)24/h8-9,16-17,20-21,25H,6-7,10-15H2,1-5H3/b18-8+,19-9+,25-16?. The lowest BCUT2D eigenvalue weighted by atomic mass is 9.62. The van der Waals surface area contributed by atoms with Gasteiger partial charge in [0.2, 0.25) is 0 Å². The van der Waals surface area contributed by atoms with Crippen LogP contribution < -0.4 is 0 Å². The third-order valence-corrected chi connectivity index (χ3v) is 7.23. The summed E-state index contributed by atoms with van der Waals surface area (Å²) in [4.78, 5) is 0. The second-order valence-electron chi connectivity index (χ2n) is 9.33. The summed E-state index contributed by atoms with van der Waals surface area (Å²) in [6.45, 7) is 9.57. The molecule has 0 spiro atoms. The van der Waals surface area contributed by atoms with Gasteiger partial charge in [-0.3, -0.25) is 0 Å². The minimum atomic E-state index is -1.27. The fourth-order valence-electron chi connectivity index (χ4n) is 4.65. The third kappa shape index (κ3) is 5.05. The molecule has 0 atom stereocenters. The van der Waals surface area contributed by atoms with Crippen LogP contribution in [0.4, 0.5) is 4.39 Å². The van der Waals surface area contributed by atoms with Crippen molar-refractivity contribution in [2.45, 2.75) is 91.7 Å². The first-order chi connectivity index (χ1) is 11.7. The maximum Gasteiger partial charge on any atom is 0.126 e. The van der Waals surface area contributed by atoms with E-state index in [0.717, 1.165) is 36.2 Å². The second-order valence-corrected chi connectivity index (χ2v) is 9.33. The fourth-order valence-corrected chi connectivity index (χ4v) is 4.65. The molecule has 0 aromatic carbocycles. The molecule has 1 N–H and O–H groups in total. The van der Waals surface area contributed by atoms with Crippen LogP contribution in [0.25, 0.3) is 0 Å². The number of halogens is 1. The maximum absolute atomic E-state index is 14.0. The van der Waals surface area contributed by atoms with E-state index in [0.29, 0.717) is 0 Å². The molecule has 1 nitrogen and oxygen atoms in total. The number of rotatable bonds is 5. The van der Waals surface area contributed by atoms with E-state index in [1.54, 1.807) is 20.1 Å². The minimum absolute atomic E-state index is 0.101. The summed E-state index contributed by atoms with van der Waals surface area (Å²) in [7, 11) is 0. The van der Waals surface area contributed by atoms with Gasteiger partial charge in [-0.15, -0.1) is 0 Å². The summed E-state index contributed by atoms with van der Waals surface area (Å²) in [5.74, 6) is 2.69. The summed E-state index contributed by atoms with van der Waals surface area (Å²) < 4.78 is 14.0. The molecule has 0 aromatic heterocycles. The number of alkyl halides is 1. The molecule has 2 aliphatic rings. The molecule has 25 heavy (non-hydrogen) atoms. The van der Waals surface area contributed by atoms with Crippen molar-refractivity contribution in [1.29, 1.82) is 5.41 Å².